The van der Waals surface area contributed by atoms with Crippen molar-refractivity contribution >= 4 is 11.8 Å². The summed E-state index contributed by atoms with van der Waals surface area (Å²) >= 11 is 0. The first kappa shape index (κ1) is 16.0. The third kappa shape index (κ3) is 3.24. The number of carbonyl (C=O) groups excluding carboxylic acids is 2. The van der Waals surface area contributed by atoms with Crippen molar-refractivity contribution in [1.82, 2.24) is 10.2 Å². The van der Waals surface area contributed by atoms with Gasteiger partial charge in [0, 0.05) is 18.7 Å². The molecular weight excluding hydrogens is 292 g/mol. The van der Waals surface area contributed by atoms with Gasteiger partial charge in [0.15, 0.2) is 0 Å². The maximum Gasteiger partial charge on any atom is 0.255 e. The van der Waals surface area contributed by atoms with Crippen LogP contribution < -0.4 is 5.32 Å². The van der Waals surface area contributed by atoms with Crippen LogP contribution in [0.3, 0.4) is 0 Å². The second-order valence-corrected chi connectivity index (χ2v) is 6.77. The average molecular weight is 316 g/mol. The predicted molar refractivity (Wildman–Crippen MR) is 86.8 cm³/mol. The fourth-order valence-electron chi connectivity index (χ4n) is 3.52. The number of hydrogen-bond acceptors (Lipinski definition) is 3. The highest BCUT2D eigenvalue weighted by molar-refractivity contribution is 6.01. The topological polar surface area (TPSA) is 69.6 Å². The molecule has 1 aromatic carbocycles. The Bertz CT molecular complexity index is 608. The summed E-state index contributed by atoms with van der Waals surface area (Å²) in [6.45, 7) is 2.48. The Kier molecular flexibility index (Phi) is 4.39. The van der Waals surface area contributed by atoms with Crippen molar-refractivity contribution in [3.05, 3.63) is 35.4 Å². The Hall–Kier alpha value is -1.88. The molecule has 1 saturated carbocycles. The van der Waals surface area contributed by atoms with Gasteiger partial charge in [-0.25, -0.2) is 0 Å². The Morgan fingerprint density at radius 2 is 2.00 bits per heavy atom. The van der Waals surface area contributed by atoms with Crippen LogP contribution in [0.25, 0.3) is 0 Å². The van der Waals surface area contributed by atoms with Crippen molar-refractivity contribution in [3.63, 3.8) is 0 Å². The molecule has 1 aliphatic carbocycles. The number of rotatable bonds is 4. The van der Waals surface area contributed by atoms with E-state index in [4.69, 9.17) is 0 Å². The van der Waals surface area contributed by atoms with Crippen LogP contribution in [0, 0.1) is 0 Å². The van der Waals surface area contributed by atoms with Gasteiger partial charge in [-0.05, 0) is 31.4 Å². The molecule has 23 heavy (non-hydrogen) atoms. The third-order valence-corrected chi connectivity index (χ3v) is 5.07. The lowest BCUT2D eigenvalue weighted by Gasteiger charge is -2.33. The van der Waals surface area contributed by atoms with Crippen LogP contribution in [0.1, 0.15) is 54.9 Å². The molecule has 2 aliphatic rings. The Labute approximate surface area is 136 Å². The minimum atomic E-state index is -0.786. The second-order valence-electron chi connectivity index (χ2n) is 6.77. The van der Waals surface area contributed by atoms with E-state index in [-0.39, 0.29) is 18.4 Å². The first-order valence-corrected chi connectivity index (χ1v) is 8.39. The zero-order valence-corrected chi connectivity index (χ0v) is 13.5. The second kappa shape index (κ2) is 6.32. The number of carbonyl (C=O) groups is 2. The molecule has 124 valence electrons. The standard InChI is InChI=1S/C18H24N2O3/c1-13(16(21)19-12-18(23)9-5-2-6-10-18)20-11-14-7-3-4-8-15(14)17(20)22/h3-4,7-8,13,23H,2,5-6,9-12H2,1H3,(H,19,21)/t13-/m1/s1. The molecule has 1 aliphatic heterocycles. The normalized spacial score (nSPS) is 21.0. The molecule has 1 fully saturated rings. The molecule has 2 amide bonds. The highest BCUT2D eigenvalue weighted by Gasteiger charge is 2.35. The summed E-state index contributed by atoms with van der Waals surface area (Å²) in [4.78, 5) is 26.4. The summed E-state index contributed by atoms with van der Waals surface area (Å²) in [6, 6.07) is 6.92. The van der Waals surface area contributed by atoms with Gasteiger partial charge in [-0.1, -0.05) is 37.5 Å². The average Bonchev–Trinajstić information content (AvgIpc) is 2.90. The van der Waals surface area contributed by atoms with Crippen LogP contribution in [-0.2, 0) is 11.3 Å². The lowest BCUT2D eigenvalue weighted by Crippen LogP contribution is -2.50. The van der Waals surface area contributed by atoms with Crippen molar-refractivity contribution in [2.75, 3.05) is 6.54 Å². The van der Waals surface area contributed by atoms with E-state index in [1.165, 1.54) is 0 Å². The van der Waals surface area contributed by atoms with Crippen molar-refractivity contribution in [1.29, 1.82) is 0 Å². The van der Waals surface area contributed by atoms with Gasteiger partial charge in [0.1, 0.15) is 6.04 Å². The SMILES string of the molecule is C[C@H](C(=O)NCC1(O)CCCCC1)N1Cc2ccccc2C1=O. The predicted octanol–water partition coefficient (Wildman–Crippen LogP) is 1.84. The molecular formula is C18H24N2O3. The molecule has 0 radical (unpaired) electrons. The van der Waals surface area contributed by atoms with Gasteiger partial charge in [-0.3, -0.25) is 9.59 Å². The van der Waals surface area contributed by atoms with E-state index in [2.05, 4.69) is 5.32 Å². The summed E-state index contributed by atoms with van der Waals surface area (Å²) in [5.41, 5.74) is 0.854. The third-order valence-electron chi connectivity index (χ3n) is 5.07. The monoisotopic (exact) mass is 316 g/mol. The van der Waals surface area contributed by atoms with Gasteiger partial charge in [-0.15, -0.1) is 0 Å². The van der Waals surface area contributed by atoms with Crippen molar-refractivity contribution in [2.45, 2.75) is 57.2 Å². The summed E-state index contributed by atoms with van der Waals surface area (Å²) in [5.74, 6) is -0.301. The van der Waals surface area contributed by atoms with Gasteiger partial charge in [-0.2, -0.15) is 0 Å². The zero-order chi connectivity index (χ0) is 16.4. The molecule has 0 bridgehead atoms. The highest BCUT2D eigenvalue weighted by Crippen LogP contribution is 2.28. The Morgan fingerprint density at radius 1 is 1.30 bits per heavy atom. The van der Waals surface area contributed by atoms with Gasteiger partial charge in [0.25, 0.3) is 5.91 Å². The van der Waals surface area contributed by atoms with Gasteiger partial charge in [0.05, 0.1) is 5.60 Å². The van der Waals surface area contributed by atoms with Crippen LogP contribution in [0.5, 0.6) is 0 Å². The Morgan fingerprint density at radius 3 is 2.70 bits per heavy atom. The number of nitrogens with zero attached hydrogens (tertiary/aromatic N) is 1. The summed E-state index contributed by atoms with van der Waals surface area (Å²) in [7, 11) is 0. The lowest BCUT2D eigenvalue weighted by atomic mass is 9.85. The maximum absolute atomic E-state index is 12.4. The molecule has 0 unspecified atom stereocenters. The molecule has 0 aromatic heterocycles. The maximum atomic E-state index is 12.4. The number of aliphatic hydroxyl groups is 1. The van der Waals surface area contributed by atoms with Crippen LogP contribution in [0.4, 0.5) is 0 Å². The molecule has 0 saturated heterocycles. The molecule has 1 atom stereocenters. The molecule has 1 aromatic rings. The van der Waals surface area contributed by atoms with Crippen LogP contribution >= 0.6 is 0 Å². The Balaban J connectivity index is 1.59. The zero-order valence-electron chi connectivity index (χ0n) is 13.5. The number of amides is 2. The van der Waals surface area contributed by atoms with Crippen molar-refractivity contribution in [3.8, 4) is 0 Å². The van der Waals surface area contributed by atoms with Crippen LogP contribution in [0.15, 0.2) is 24.3 Å². The number of benzene rings is 1. The minimum Gasteiger partial charge on any atom is -0.388 e. The first-order chi connectivity index (χ1) is 11.0. The first-order valence-electron chi connectivity index (χ1n) is 8.39. The minimum absolute atomic E-state index is 0.0976. The van der Waals surface area contributed by atoms with Gasteiger partial charge in [0.2, 0.25) is 5.91 Å². The largest absolute Gasteiger partial charge is 0.388 e. The van der Waals surface area contributed by atoms with Crippen LogP contribution in [0.2, 0.25) is 0 Å². The highest BCUT2D eigenvalue weighted by atomic mass is 16.3. The number of hydrogen-bond donors (Lipinski definition) is 2. The summed E-state index contributed by atoms with van der Waals surface area (Å²) in [6.07, 6.45) is 4.61. The van der Waals surface area contributed by atoms with E-state index in [1.807, 2.05) is 18.2 Å². The lowest BCUT2D eigenvalue weighted by molar-refractivity contribution is -0.126. The molecule has 2 N–H and O–H groups in total. The van der Waals surface area contributed by atoms with Gasteiger partial charge < -0.3 is 15.3 Å². The number of fused-ring (bicyclic) bond motifs is 1. The van der Waals surface area contributed by atoms with E-state index in [1.54, 1.807) is 17.9 Å². The molecule has 1 heterocycles. The van der Waals surface area contributed by atoms with Crippen molar-refractivity contribution < 1.29 is 14.7 Å². The fourth-order valence-corrected chi connectivity index (χ4v) is 3.52. The van der Waals surface area contributed by atoms with Crippen molar-refractivity contribution in [2.24, 2.45) is 0 Å². The molecule has 3 rings (SSSR count). The van der Waals surface area contributed by atoms with E-state index in [0.29, 0.717) is 12.1 Å². The molecule has 5 heteroatoms. The van der Waals surface area contributed by atoms with E-state index in [9.17, 15) is 14.7 Å². The van der Waals surface area contributed by atoms with Crippen LogP contribution in [-0.4, -0.2) is 40.0 Å². The number of nitrogens with one attached hydrogen (secondary N) is 1. The van der Waals surface area contributed by atoms with E-state index in [0.717, 1.165) is 37.7 Å². The smallest absolute Gasteiger partial charge is 0.255 e. The molecule has 5 nitrogen and oxygen atoms in total. The van der Waals surface area contributed by atoms with E-state index < -0.39 is 11.6 Å². The summed E-state index contributed by atoms with van der Waals surface area (Å²) in [5, 5.41) is 13.3. The van der Waals surface area contributed by atoms with Gasteiger partial charge >= 0.3 is 0 Å². The summed E-state index contributed by atoms with van der Waals surface area (Å²) < 4.78 is 0. The molecule has 0 spiro atoms. The van der Waals surface area contributed by atoms with E-state index >= 15 is 0 Å². The fraction of sp³-hybridized carbons (Fsp3) is 0.556. The quantitative estimate of drug-likeness (QED) is 0.890.